The van der Waals surface area contributed by atoms with E-state index in [1.54, 1.807) is 24.2 Å². The molecule has 0 aliphatic carbocycles. The molecule has 92 valence electrons. The molecule has 0 fully saturated rings. The number of nitrogens with zero attached hydrogens (tertiary/aromatic N) is 5. The first kappa shape index (κ1) is 11.5. The molecule has 0 amide bonds. The zero-order chi connectivity index (χ0) is 12.5. The van der Waals surface area contributed by atoms with E-state index in [-0.39, 0.29) is 0 Å². The Morgan fingerprint density at radius 3 is 2.94 bits per heavy atom. The van der Waals surface area contributed by atoms with E-state index in [1.807, 2.05) is 0 Å². The molecule has 1 aliphatic heterocycles. The van der Waals surface area contributed by atoms with Crippen molar-refractivity contribution in [2.45, 2.75) is 19.9 Å². The highest BCUT2D eigenvalue weighted by Crippen LogP contribution is 2.26. The van der Waals surface area contributed by atoms with Crippen molar-refractivity contribution in [1.82, 2.24) is 19.9 Å². The van der Waals surface area contributed by atoms with Gasteiger partial charge in [0.2, 0.25) is 0 Å². The molecule has 0 saturated carbocycles. The number of hydrogen-bond acceptors (Lipinski definition) is 6. The van der Waals surface area contributed by atoms with Crippen molar-refractivity contribution in [3.05, 3.63) is 24.4 Å². The number of aromatic nitrogens is 4. The first-order valence-corrected chi connectivity index (χ1v) is 6.86. The predicted octanol–water partition coefficient (Wildman–Crippen LogP) is 1.94. The van der Waals surface area contributed by atoms with Gasteiger partial charge in [-0.3, -0.25) is 4.99 Å². The van der Waals surface area contributed by atoms with E-state index < -0.39 is 0 Å². The third-order valence-corrected chi connectivity index (χ3v) is 3.98. The van der Waals surface area contributed by atoms with Gasteiger partial charge in [-0.25, -0.2) is 19.9 Å². The molecule has 1 atom stereocenters. The first-order valence-electron chi connectivity index (χ1n) is 5.88. The lowest BCUT2D eigenvalue weighted by Crippen LogP contribution is -2.11. The SMILES string of the molecule is CC(C)C1CSC(c2cnc3cncnc3n2)=N1. The smallest absolute Gasteiger partial charge is 0.181 e. The fourth-order valence-electron chi connectivity index (χ4n) is 1.74. The van der Waals surface area contributed by atoms with Gasteiger partial charge in [-0.05, 0) is 5.92 Å². The van der Waals surface area contributed by atoms with Gasteiger partial charge in [-0.1, -0.05) is 13.8 Å². The van der Waals surface area contributed by atoms with Gasteiger partial charge in [-0.15, -0.1) is 11.8 Å². The molecular formula is C12H13N5S. The Balaban J connectivity index is 1.98. The minimum atomic E-state index is 0.382. The van der Waals surface area contributed by atoms with Gasteiger partial charge < -0.3 is 0 Å². The summed E-state index contributed by atoms with van der Waals surface area (Å²) >= 11 is 1.74. The van der Waals surface area contributed by atoms with Gasteiger partial charge in [0.1, 0.15) is 22.6 Å². The van der Waals surface area contributed by atoms with Crippen LogP contribution in [0.2, 0.25) is 0 Å². The Labute approximate surface area is 109 Å². The molecular weight excluding hydrogens is 246 g/mol. The second kappa shape index (κ2) is 4.61. The highest BCUT2D eigenvalue weighted by atomic mass is 32.2. The highest BCUT2D eigenvalue weighted by molar-refractivity contribution is 8.14. The van der Waals surface area contributed by atoms with Crippen molar-refractivity contribution in [1.29, 1.82) is 0 Å². The molecule has 0 aromatic carbocycles. The summed E-state index contributed by atoms with van der Waals surface area (Å²) in [6.07, 6.45) is 4.90. The van der Waals surface area contributed by atoms with Crippen LogP contribution in [0, 0.1) is 5.92 Å². The normalized spacial score (nSPS) is 19.5. The van der Waals surface area contributed by atoms with Crippen molar-refractivity contribution < 1.29 is 0 Å². The quantitative estimate of drug-likeness (QED) is 0.824. The van der Waals surface area contributed by atoms with E-state index in [2.05, 4.69) is 33.8 Å². The standard InChI is InChI=1S/C12H13N5S/c1-7(2)10-5-18-12(17-10)9-4-14-8-3-13-6-15-11(8)16-9/h3-4,6-7,10H,5H2,1-2H3. The summed E-state index contributed by atoms with van der Waals surface area (Å²) in [4.78, 5) is 21.5. The zero-order valence-corrected chi connectivity index (χ0v) is 11.1. The fraction of sp³-hybridized carbons (Fsp3) is 0.417. The Kier molecular flexibility index (Phi) is 2.95. The molecule has 3 heterocycles. The van der Waals surface area contributed by atoms with E-state index in [1.165, 1.54) is 6.33 Å². The van der Waals surface area contributed by atoms with Crippen LogP contribution in [0.1, 0.15) is 19.5 Å². The fourth-order valence-corrected chi connectivity index (χ4v) is 2.99. The second-order valence-electron chi connectivity index (χ2n) is 4.54. The molecule has 0 N–H and O–H groups in total. The average molecular weight is 259 g/mol. The van der Waals surface area contributed by atoms with Crippen LogP contribution in [0.4, 0.5) is 0 Å². The summed E-state index contributed by atoms with van der Waals surface area (Å²) in [5.74, 6) is 1.59. The largest absolute Gasteiger partial charge is 0.272 e. The van der Waals surface area contributed by atoms with Crippen molar-refractivity contribution in [3.63, 3.8) is 0 Å². The van der Waals surface area contributed by atoms with Gasteiger partial charge in [0.25, 0.3) is 0 Å². The molecule has 5 nitrogen and oxygen atoms in total. The zero-order valence-electron chi connectivity index (χ0n) is 10.2. The van der Waals surface area contributed by atoms with Crippen LogP contribution in [0.15, 0.2) is 23.7 Å². The molecule has 0 bridgehead atoms. The van der Waals surface area contributed by atoms with Crippen LogP contribution in [-0.4, -0.2) is 36.8 Å². The summed E-state index contributed by atoms with van der Waals surface area (Å²) in [6.45, 7) is 4.38. The second-order valence-corrected chi connectivity index (χ2v) is 5.55. The third-order valence-electron chi connectivity index (χ3n) is 2.89. The number of rotatable bonds is 2. The number of thioether (sulfide) groups is 1. The average Bonchev–Trinajstić information content (AvgIpc) is 2.88. The lowest BCUT2D eigenvalue weighted by Gasteiger charge is -2.07. The lowest BCUT2D eigenvalue weighted by molar-refractivity contribution is 0.543. The molecule has 0 spiro atoms. The Hall–Kier alpha value is -1.56. The molecule has 2 aromatic heterocycles. The molecule has 18 heavy (non-hydrogen) atoms. The van der Waals surface area contributed by atoms with Crippen LogP contribution < -0.4 is 0 Å². The van der Waals surface area contributed by atoms with E-state index >= 15 is 0 Å². The van der Waals surface area contributed by atoms with Crippen LogP contribution >= 0.6 is 11.8 Å². The van der Waals surface area contributed by atoms with Gasteiger partial charge in [0.15, 0.2) is 5.65 Å². The lowest BCUT2D eigenvalue weighted by atomic mass is 10.1. The number of aliphatic imine (C=N–C) groups is 1. The Morgan fingerprint density at radius 2 is 2.17 bits per heavy atom. The minimum Gasteiger partial charge on any atom is -0.272 e. The van der Waals surface area contributed by atoms with Gasteiger partial charge in [0.05, 0.1) is 18.4 Å². The molecule has 6 heteroatoms. The summed E-state index contributed by atoms with van der Waals surface area (Å²) < 4.78 is 0. The summed E-state index contributed by atoms with van der Waals surface area (Å²) in [5.41, 5.74) is 2.15. The van der Waals surface area contributed by atoms with Crippen molar-refractivity contribution in [2.24, 2.45) is 10.9 Å². The predicted molar refractivity (Wildman–Crippen MR) is 72.7 cm³/mol. The van der Waals surface area contributed by atoms with Gasteiger partial charge in [0, 0.05) is 5.75 Å². The molecule has 0 radical (unpaired) electrons. The third kappa shape index (κ3) is 2.08. The van der Waals surface area contributed by atoms with Gasteiger partial charge >= 0.3 is 0 Å². The van der Waals surface area contributed by atoms with Gasteiger partial charge in [-0.2, -0.15) is 0 Å². The topological polar surface area (TPSA) is 63.9 Å². The molecule has 1 aliphatic rings. The van der Waals surface area contributed by atoms with E-state index in [0.717, 1.165) is 16.5 Å². The van der Waals surface area contributed by atoms with Crippen LogP contribution in [0.3, 0.4) is 0 Å². The maximum atomic E-state index is 4.70. The number of fused-ring (bicyclic) bond motifs is 1. The summed E-state index contributed by atoms with van der Waals surface area (Å²) in [6, 6.07) is 0.382. The Bertz CT molecular complexity index is 610. The van der Waals surface area contributed by atoms with Crippen LogP contribution in [0.5, 0.6) is 0 Å². The summed E-state index contributed by atoms with van der Waals surface area (Å²) in [5, 5.41) is 0.974. The molecule has 1 unspecified atom stereocenters. The summed E-state index contributed by atoms with van der Waals surface area (Å²) in [7, 11) is 0. The minimum absolute atomic E-state index is 0.382. The number of hydrogen-bond donors (Lipinski definition) is 0. The van der Waals surface area contributed by atoms with Crippen LogP contribution in [-0.2, 0) is 0 Å². The maximum Gasteiger partial charge on any atom is 0.181 e. The van der Waals surface area contributed by atoms with Crippen molar-refractivity contribution >= 4 is 28.0 Å². The monoisotopic (exact) mass is 259 g/mol. The highest BCUT2D eigenvalue weighted by Gasteiger charge is 2.23. The molecule has 3 rings (SSSR count). The first-order chi connectivity index (χ1) is 8.74. The van der Waals surface area contributed by atoms with Crippen molar-refractivity contribution in [3.8, 4) is 0 Å². The van der Waals surface area contributed by atoms with E-state index in [9.17, 15) is 0 Å². The molecule has 2 aromatic rings. The van der Waals surface area contributed by atoms with E-state index in [4.69, 9.17) is 4.99 Å². The van der Waals surface area contributed by atoms with E-state index in [0.29, 0.717) is 23.1 Å². The van der Waals surface area contributed by atoms with Crippen LogP contribution in [0.25, 0.3) is 11.2 Å². The maximum absolute atomic E-state index is 4.70. The Morgan fingerprint density at radius 1 is 1.28 bits per heavy atom. The molecule has 0 saturated heterocycles. The van der Waals surface area contributed by atoms with Crippen molar-refractivity contribution in [2.75, 3.05) is 5.75 Å².